The Morgan fingerprint density at radius 1 is 1.11 bits per heavy atom. The number of rotatable bonds is 2. The second kappa shape index (κ2) is 5.01. The number of nitrogens with zero attached hydrogens (tertiary/aromatic N) is 1. The maximum atomic E-state index is 12.6. The Morgan fingerprint density at radius 2 is 1.74 bits per heavy atom. The molecule has 100 valence electrons. The van der Waals surface area contributed by atoms with E-state index in [2.05, 4.69) is 4.98 Å². The summed E-state index contributed by atoms with van der Waals surface area (Å²) >= 11 is 0. The van der Waals surface area contributed by atoms with E-state index in [0.717, 1.165) is 17.7 Å². The molecule has 2 nitrogen and oxygen atoms in total. The van der Waals surface area contributed by atoms with Gasteiger partial charge in [-0.25, -0.2) is 0 Å². The van der Waals surface area contributed by atoms with E-state index in [1.54, 1.807) is 31.5 Å². The van der Waals surface area contributed by atoms with Crippen molar-refractivity contribution in [2.75, 3.05) is 0 Å². The number of alkyl halides is 3. The molecule has 1 aromatic heterocycles. The number of aryl methyl sites for hydroxylation is 1. The summed E-state index contributed by atoms with van der Waals surface area (Å²) in [6, 6.07) is 6.66. The molecule has 0 amide bonds. The fraction of sp³-hybridized carbons (Fsp3) is 0.214. The second-order valence-electron chi connectivity index (χ2n) is 4.33. The van der Waals surface area contributed by atoms with E-state index >= 15 is 0 Å². The molecule has 0 radical (unpaired) electrons. The van der Waals surface area contributed by atoms with Crippen LogP contribution in [0.2, 0.25) is 0 Å². The minimum atomic E-state index is -4.33. The van der Waals surface area contributed by atoms with Gasteiger partial charge in [-0.2, -0.15) is 13.2 Å². The monoisotopic (exact) mass is 266 g/mol. The number of aromatic nitrogens is 1. The smallest absolute Gasteiger partial charge is 0.320 e. The van der Waals surface area contributed by atoms with Crippen molar-refractivity contribution in [2.24, 2.45) is 5.73 Å². The summed E-state index contributed by atoms with van der Waals surface area (Å²) in [7, 11) is 0. The normalized spacial score (nSPS) is 13.3. The highest BCUT2D eigenvalue weighted by Gasteiger charge is 2.30. The van der Waals surface area contributed by atoms with Crippen molar-refractivity contribution in [2.45, 2.75) is 19.1 Å². The van der Waals surface area contributed by atoms with Crippen LogP contribution < -0.4 is 5.73 Å². The minimum absolute atomic E-state index is 0.453. The van der Waals surface area contributed by atoms with Crippen LogP contribution >= 0.6 is 0 Å². The first-order valence-electron chi connectivity index (χ1n) is 5.73. The summed E-state index contributed by atoms with van der Waals surface area (Å²) < 4.78 is 37.8. The van der Waals surface area contributed by atoms with Crippen molar-refractivity contribution < 1.29 is 13.2 Å². The van der Waals surface area contributed by atoms with Crippen LogP contribution in [0.25, 0.3) is 0 Å². The van der Waals surface area contributed by atoms with Crippen molar-refractivity contribution >= 4 is 0 Å². The Morgan fingerprint density at radius 3 is 2.26 bits per heavy atom. The molecule has 0 aliphatic heterocycles. The standard InChI is InChI=1S/C14H13F3N2/c1-9-8-11(14(15,16)17)2-3-12(9)13(18)10-4-6-19-7-5-10/h2-8,13H,18H2,1H3. The van der Waals surface area contributed by atoms with E-state index < -0.39 is 17.8 Å². The van der Waals surface area contributed by atoms with Crippen LogP contribution in [0.5, 0.6) is 0 Å². The molecule has 0 bridgehead atoms. The molecule has 1 heterocycles. The third-order valence-corrected chi connectivity index (χ3v) is 3.00. The highest BCUT2D eigenvalue weighted by atomic mass is 19.4. The molecule has 5 heteroatoms. The molecular weight excluding hydrogens is 253 g/mol. The maximum absolute atomic E-state index is 12.6. The molecule has 2 N–H and O–H groups in total. The average molecular weight is 266 g/mol. The summed E-state index contributed by atoms with van der Waals surface area (Å²) in [6.07, 6.45) is -1.12. The third kappa shape index (κ3) is 2.93. The van der Waals surface area contributed by atoms with Crippen molar-refractivity contribution in [1.29, 1.82) is 0 Å². The molecule has 0 aliphatic rings. The van der Waals surface area contributed by atoms with E-state index in [0.29, 0.717) is 11.1 Å². The zero-order chi connectivity index (χ0) is 14.0. The van der Waals surface area contributed by atoms with Gasteiger partial charge >= 0.3 is 6.18 Å². The predicted octanol–water partition coefficient (Wildman–Crippen LogP) is 3.46. The van der Waals surface area contributed by atoms with Gasteiger partial charge in [0.1, 0.15) is 0 Å². The lowest BCUT2D eigenvalue weighted by molar-refractivity contribution is -0.137. The lowest BCUT2D eigenvalue weighted by Gasteiger charge is -2.17. The molecule has 0 saturated carbocycles. The summed E-state index contributed by atoms with van der Waals surface area (Å²) in [5.41, 5.74) is 7.43. The molecule has 0 spiro atoms. The molecule has 1 unspecified atom stereocenters. The van der Waals surface area contributed by atoms with Crippen LogP contribution in [0.15, 0.2) is 42.7 Å². The summed E-state index contributed by atoms with van der Waals surface area (Å²) in [6.45, 7) is 1.63. The first-order chi connectivity index (χ1) is 8.89. The van der Waals surface area contributed by atoms with Crippen LogP contribution in [0, 0.1) is 6.92 Å². The Balaban J connectivity index is 2.37. The summed E-state index contributed by atoms with van der Waals surface area (Å²) in [5.74, 6) is 0. The highest BCUT2D eigenvalue weighted by molar-refractivity contribution is 5.39. The van der Waals surface area contributed by atoms with E-state index in [-0.39, 0.29) is 0 Å². The first kappa shape index (κ1) is 13.5. The number of halogens is 3. The Labute approximate surface area is 109 Å². The predicted molar refractivity (Wildman–Crippen MR) is 66.4 cm³/mol. The molecule has 1 aromatic carbocycles. The minimum Gasteiger partial charge on any atom is -0.320 e. The molecule has 0 saturated heterocycles. The van der Waals surface area contributed by atoms with Crippen molar-refractivity contribution in [1.82, 2.24) is 4.98 Å². The van der Waals surface area contributed by atoms with Gasteiger partial charge < -0.3 is 5.73 Å². The number of nitrogens with two attached hydrogens (primary N) is 1. The SMILES string of the molecule is Cc1cc(C(F)(F)F)ccc1C(N)c1ccncc1. The van der Waals surface area contributed by atoms with E-state index in [9.17, 15) is 13.2 Å². The van der Waals surface area contributed by atoms with Gasteiger partial charge in [0.05, 0.1) is 11.6 Å². The largest absolute Gasteiger partial charge is 0.416 e. The van der Waals surface area contributed by atoms with Crippen LogP contribution in [-0.2, 0) is 6.18 Å². The van der Waals surface area contributed by atoms with Crippen molar-refractivity contribution in [3.05, 3.63) is 65.0 Å². The zero-order valence-electron chi connectivity index (χ0n) is 10.3. The lowest BCUT2D eigenvalue weighted by Crippen LogP contribution is -2.14. The number of benzene rings is 1. The molecule has 0 aliphatic carbocycles. The van der Waals surface area contributed by atoms with Gasteiger partial charge in [-0.3, -0.25) is 4.98 Å². The third-order valence-electron chi connectivity index (χ3n) is 3.00. The van der Waals surface area contributed by atoms with Crippen LogP contribution in [0.4, 0.5) is 13.2 Å². The summed E-state index contributed by atoms with van der Waals surface area (Å²) in [4.78, 5) is 3.89. The van der Waals surface area contributed by atoms with Gasteiger partial charge in [0, 0.05) is 12.4 Å². The molecule has 2 rings (SSSR count). The molecular formula is C14H13F3N2. The van der Waals surface area contributed by atoms with Gasteiger partial charge in [-0.15, -0.1) is 0 Å². The average Bonchev–Trinajstić information content (AvgIpc) is 2.38. The van der Waals surface area contributed by atoms with E-state index in [1.807, 2.05) is 0 Å². The number of hydrogen-bond donors (Lipinski definition) is 1. The van der Waals surface area contributed by atoms with Crippen molar-refractivity contribution in [3.8, 4) is 0 Å². The quantitative estimate of drug-likeness (QED) is 0.904. The number of hydrogen-bond acceptors (Lipinski definition) is 2. The first-order valence-corrected chi connectivity index (χ1v) is 5.73. The van der Waals surface area contributed by atoms with E-state index in [4.69, 9.17) is 5.73 Å². The van der Waals surface area contributed by atoms with Crippen LogP contribution in [0.3, 0.4) is 0 Å². The van der Waals surface area contributed by atoms with Crippen LogP contribution in [-0.4, -0.2) is 4.98 Å². The topological polar surface area (TPSA) is 38.9 Å². The lowest BCUT2D eigenvalue weighted by atomic mass is 9.95. The Kier molecular flexibility index (Phi) is 3.57. The van der Waals surface area contributed by atoms with Gasteiger partial charge in [0.25, 0.3) is 0 Å². The molecule has 2 aromatic rings. The highest BCUT2D eigenvalue weighted by Crippen LogP contribution is 2.32. The molecule has 19 heavy (non-hydrogen) atoms. The summed E-state index contributed by atoms with van der Waals surface area (Å²) in [5, 5.41) is 0. The molecule has 1 atom stereocenters. The fourth-order valence-electron chi connectivity index (χ4n) is 1.95. The van der Waals surface area contributed by atoms with Crippen molar-refractivity contribution in [3.63, 3.8) is 0 Å². The van der Waals surface area contributed by atoms with Crippen LogP contribution in [0.1, 0.15) is 28.3 Å². The van der Waals surface area contributed by atoms with Gasteiger partial charge in [-0.1, -0.05) is 6.07 Å². The maximum Gasteiger partial charge on any atom is 0.416 e. The second-order valence-corrected chi connectivity index (χ2v) is 4.33. The number of pyridine rings is 1. The van der Waals surface area contributed by atoms with Gasteiger partial charge in [0.15, 0.2) is 0 Å². The fourth-order valence-corrected chi connectivity index (χ4v) is 1.95. The van der Waals surface area contributed by atoms with Gasteiger partial charge in [-0.05, 0) is 47.9 Å². The Bertz CT molecular complexity index is 565. The molecule has 0 fully saturated rings. The zero-order valence-corrected chi connectivity index (χ0v) is 10.3. The van der Waals surface area contributed by atoms with Gasteiger partial charge in [0.2, 0.25) is 0 Å². The Hall–Kier alpha value is -1.88. The van der Waals surface area contributed by atoms with E-state index in [1.165, 1.54) is 6.07 Å².